The summed E-state index contributed by atoms with van der Waals surface area (Å²) >= 11 is 6.17. The van der Waals surface area contributed by atoms with Gasteiger partial charge in [0, 0.05) is 22.0 Å². The van der Waals surface area contributed by atoms with Crippen LogP contribution in [-0.2, 0) is 4.79 Å². The van der Waals surface area contributed by atoms with Gasteiger partial charge in [-0.05, 0) is 61.0 Å². The van der Waals surface area contributed by atoms with Crippen molar-refractivity contribution in [2.45, 2.75) is 33.4 Å². The van der Waals surface area contributed by atoms with Crippen molar-refractivity contribution < 1.29 is 18.3 Å². The van der Waals surface area contributed by atoms with Crippen LogP contribution in [0.3, 0.4) is 0 Å². The number of halogens is 3. The van der Waals surface area contributed by atoms with Gasteiger partial charge in [0.25, 0.3) is 5.91 Å². The Labute approximate surface area is 187 Å². The fraction of sp³-hybridized carbons (Fsp3) is 0.238. The van der Waals surface area contributed by atoms with Crippen LogP contribution >= 0.6 is 11.6 Å². The van der Waals surface area contributed by atoms with E-state index in [1.165, 1.54) is 22.9 Å². The number of rotatable bonds is 5. The highest BCUT2D eigenvalue weighted by molar-refractivity contribution is 6.30. The summed E-state index contributed by atoms with van der Waals surface area (Å²) in [5, 5.41) is 17.7. The zero-order valence-corrected chi connectivity index (χ0v) is 18.1. The first-order valence-corrected chi connectivity index (χ1v) is 10.0. The minimum Gasteiger partial charge on any atom is -0.434 e. The number of amides is 1. The first kappa shape index (κ1) is 21.7. The third kappa shape index (κ3) is 4.13. The van der Waals surface area contributed by atoms with Crippen LogP contribution in [0.1, 0.15) is 29.7 Å². The second-order valence-electron chi connectivity index (χ2n) is 7.35. The minimum atomic E-state index is -3.07. The molecule has 1 unspecified atom stereocenters. The first-order chi connectivity index (χ1) is 15.2. The molecule has 1 atom stereocenters. The van der Waals surface area contributed by atoms with Gasteiger partial charge in [-0.3, -0.25) is 4.79 Å². The maximum atomic E-state index is 13.4. The Morgan fingerprint density at radius 2 is 2.00 bits per heavy atom. The van der Waals surface area contributed by atoms with E-state index in [0.29, 0.717) is 11.4 Å². The molecule has 4 rings (SSSR count). The van der Waals surface area contributed by atoms with Gasteiger partial charge in [0.05, 0.1) is 5.57 Å². The molecule has 1 aromatic heterocycles. The number of fused-ring (bicyclic) bond motifs is 1. The molecule has 166 valence electrons. The molecule has 3 aromatic rings. The molecule has 1 aliphatic heterocycles. The summed E-state index contributed by atoms with van der Waals surface area (Å²) in [6.45, 7) is 2.45. The van der Waals surface area contributed by atoms with Crippen molar-refractivity contribution in [1.82, 2.24) is 20.2 Å². The molecule has 0 bridgehead atoms. The lowest BCUT2D eigenvalue weighted by atomic mass is 9.94. The first-order valence-electron chi connectivity index (χ1n) is 9.63. The summed E-state index contributed by atoms with van der Waals surface area (Å²) in [5.41, 5.74) is 3.47. The number of nitrogens with zero attached hydrogens (tertiary/aromatic N) is 4. The van der Waals surface area contributed by atoms with Gasteiger partial charge < -0.3 is 15.4 Å². The molecule has 2 aromatic carbocycles. The van der Waals surface area contributed by atoms with Crippen molar-refractivity contribution in [1.29, 1.82) is 0 Å². The van der Waals surface area contributed by atoms with Crippen LogP contribution in [0.4, 0.5) is 20.4 Å². The number of anilines is 2. The highest BCUT2D eigenvalue weighted by Crippen LogP contribution is 2.40. The number of aryl methyl sites for hydroxylation is 2. The van der Waals surface area contributed by atoms with E-state index in [-0.39, 0.29) is 27.9 Å². The molecule has 0 saturated carbocycles. The highest BCUT2D eigenvalue weighted by Gasteiger charge is 2.36. The molecular formula is C21H19ClF2N6O2. The molecule has 11 heteroatoms. The number of alkyl halides is 2. The average Bonchev–Trinajstić information content (AvgIpc) is 3.18. The third-order valence-corrected chi connectivity index (χ3v) is 5.31. The molecule has 1 amide bonds. The Hall–Kier alpha value is -3.53. The fourth-order valence-corrected chi connectivity index (χ4v) is 3.85. The fourth-order valence-electron chi connectivity index (χ4n) is 3.67. The lowest BCUT2D eigenvalue weighted by molar-refractivity contribution is -0.113. The van der Waals surface area contributed by atoms with Crippen molar-refractivity contribution in [3.63, 3.8) is 0 Å². The van der Waals surface area contributed by atoms with Gasteiger partial charge in [-0.25, -0.2) is 0 Å². The number of allylic oxidation sites excluding steroid dienone is 1. The normalized spacial score (nSPS) is 15.4. The van der Waals surface area contributed by atoms with Gasteiger partial charge in [0.2, 0.25) is 5.95 Å². The lowest BCUT2D eigenvalue weighted by Crippen LogP contribution is -2.32. The Kier molecular flexibility index (Phi) is 5.79. The second kappa shape index (κ2) is 8.54. The standard InChI is InChI=1S/C21H19ClF2N6O2/c1-10-4-6-15(11(2)8-10)26-19(31)17-12(3)25-21-27-28-29-30(21)18(17)14-9-13(22)5-7-16(14)32-20(23)24/h4-9,18,20H,1-3H3,(H,26,31)(H,25,27,29). The Morgan fingerprint density at radius 3 is 2.72 bits per heavy atom. The number of tetrazole rings is 1. The Balaban J connectivity index is 1.82. The molecule has 0 radical (unpaired) electrons. The molecule has 2 N–H and O–H groups in total. The Morgan fingerprint density at radius 1 is 1.22 bits per heavy atom. The van der Waals surface area contributed by atoms with Gasteiger partial charge in [0.1, 0.15) is 11.8 Å². The quantitative estimate of drug-likeness (QED) is 0.583. The summed E-state index contributed by atoms with van der Waals surface area (Å²) in [6, 6.07) is 8.87. The van der Waals surface area contributed by atoms with E-state index >= 15 is 0 Å². The van der Waals surface area contributed by atoms with Crippen LogP contribution in [0.15, 0.2) is 47.7 Å². The smallest absolute Gasteiger partial charge is 0.387 e. The molecule has 0 aliphatic carbocycles. The SMILES string of the molecule is CC1=C(C(=O)Nc2ccc(C)cc2C)C(c2cc(Cl)ccc2OC(F)F)n2nnnc2N1. The van der Waals surface area contributed by atoms with Gasteiger partial charge in [-0.1, -0.05) is 34.4 Å². The summed E-state index contributed by atoms with van der Waals surface area (Å²) in [7, 11) is 0. The Bertz CT molecular complexity index is 1230. The number of hydrogen-bond donors (Lipinski definition) is 2. The van der Waals surface area contributed by atoms with Crippen LogP contribution < -0.4 is 15.4 Å². The maximum absolute atomic E-state index is 13.4. The van der Waals surface area contributed by atoms with E-state index in [4.69, 9.17) is 16.3 Å². The highest BCUT2D eigenvalue weighted by atomic mass is 35.5. The van der Waals surface area contributed by atoms with Crippen LogP contribution in [0.25, 0.3) is 0 Å². The van der Waals surface area contributed by atoms with Crippen LogP contribution in [0.5, 0.6) is 5.75 Å². The third-order valence-electron chi connectivity index (χ3n) is 5.07. The number of nitrogens with one attached hydrogen (secondary N) is 2. The van der Waals surface area contributed by atoms with E-state index in [9.17, 15) is 13.6 Å². The largest absolute Gasteiger partial charge is 0.434 e. The minimum absolute atomic E-state index is 0.137. The van der Waals surface area contributed by atoms with Crippen molar-refractivity contribution in [2.24, 2.45) is 0 Å². The van der Waals surface area contributed by atoms with Crippen molar-refractivity contribution in [2.75, 3.05) is 10.6 Å². The lowest BCUT2D eigenvalue weighted by Gasteiger charge is -2.29. The van der Waals surface area contributed by atoms with E-state index in [0.717, 1.165) is 11.1 Å². The monoisotopic (exact) mass is 460 g/mol. The molecular weight excluding hydrogens is 442 g/mol. The van der Waals surface area contributed by atoms with Crippen LogP contribution in [0.2, 0.25) is 5.02 Å². The number of carbonyl (C=O) groups is 1. The molecule has 8 nitrogen and oxygen atoms in total. The van der Waals surface area contributed by atoms with Crippen molar-refractivity contribution in [3.8, 4) is 5.75 Å². The molecule has 32 heavy (non-hydrogen) atoms. The van der Waals surface area contributed by atoms with Crippen LogP contribution in [-0.4, -0.2) is 32.7 Å². The summed E-state index contributed by atoms with van der Waals surface area (Å²) < 4.78 is 32.2. The van der Waals surface area contributed by atoms with Gasteiger partial charge in [0.15, 0.2) is 0 Å². The van der Waals surface area contributed by atoms with Gasteiger partial charge in [-0.15, -0.1) is 0 Å². The maximum Gasteiger partial charge on any atom is 0.387 e. The molecule has 0 fully saturated rings. The zero-order chi connectivity index (χ0) is 23.0. The van der Waals surface area contributed by atoms with E-state index in [2.05, 4.69) is 26.2 Å². The number of carbonyl (C=O) groups excluding carboxylic acids is 1. The van der Waals surface area contributed by atoms with Gasteiger partial charge >= 0.3 is 6.61 Å². The number of aromatic nitrogens is 4. The molecule has 2 heterocycles. The topological polar surface area (TPSA) is 94.0 Å². The molecule has 0 spiro atoms. The number of hydrogen-bond acceptors (Lipinski definition) is 6. The van der Waals surface area contributed by atoms with Crippen molar-refractivity contribution >= 4 is 29.1 Å². The number of ether oxygens (including phenoxy) is 1. The van der Waals surface area contributed by atoms with Crippen LogP contribution in [0, 0.1) is 13.8 Å². The van der Waals surface area contributed by atoms with E-state index in [1.54, 1.807) is 13.0 Å². The predicted octanol–water partition coefficient (Wildman–Crippen LogP) is 4.47. The average molecular weight is 461 g/mol. The summed E-state index contributed by atoms with van der Waals surface area (Å²) in [4.78, 5) is 13.4. The molecule has 1 aliphatic rings. The molecule has 0 saturated heterocycles. The summed E-state index contributed by atoms with van der Waals surface area (Å²) in [6.07, 6.45) is 0. The predicted molar refractivity (Wildman–Crippen MR) is 115 cm³/mol. The summed E-state index contributed by atoms with van der Waals surface area (Å²) in [5.74, 6) is -0.336. The van der Waals surface area contributed by atoms with Crippen molar-refractivity contribution in [3.05, 3.63) is 69.4 Å². The number of benzene rings is 2. The second-order valence-corrected chi connectivity index (χ2v) is 7.78. The zero-order valence-electron chi connectivity index (χ0n) is 17.4. The van der Waals surface area contributed by atoms with E-state index in [1.807, 2.05) is 26.0 Å². The van der Waals surface area contributed by atoms with E-state index < -0.39 is 18.6 Å². The van der Waals surface area contributed by atoms with Gasteiger partial charge in [-0.2, -0.15) is 13.5 Å².